The molecule has 2 aliphatic rings. The van der Waals surface area contributed by atoms with E-state index in [-0.39, 0.29) is 11.3 Å². The highest BCUT2D eigenvalue weighted by molar-refractivity contribution is 5.92. The molecule has 2 amide bonds. The number of carbonyl (C=O) groups is 2. The number of nitrogens with zero attached hydrogens (tertiary/aromatic N) is 5. The molecule has 0 spiro atoms. The number of benzene rings is 3. The molecule has 2 N–H and O–H groups in total. The Hall–Kier alpha value is -4.41. The standard InChI is InChI=1S/C37H47N7O3/c1-37(2,3)29-10-8-28(9-11-29)36-39-32-6-4-7-33(35(32)40-36)44-22-20-41(21-23-44)24-25-47-31-14-12-30(13-15-31)38-34(46)26-42-16-5-17-43(27-45)19-18-42/h4,6-15,27H,5,16-26H2,1-3H3,(H,38,46)(H,39,40). The molecule has 0 radical (unpaired) electrons. The molecular formula is C37H47N7O3. The lowest BCUT2D eigenvalue weighted by atomic mass is 9.87. The summed E-state index contributed by atoms with van der Waals surface area (Å²) in [6, 6.07) is 22.7. The van der Waals surface area contributed by atoms with Gasteiger partial charge in [-0.25, -0.2) is 4.98 Å². The Kier molecular flexibility index (Phi) is 10.1. The van der Waals surface area contributed by atoms with Crippen LogP contribution >= 0.6 is 0 Å². The number of nitrogens with one attached hydrogen (secondary N) is 2. The first-order chi connectivity index (χ1) is 22.7. The number of para-hydroxylation sites is 1. The zero-order chi connectivity index (χ0) is 32.8. The number of rotatable bonds is 10. The maximum Gasteiger partial charge on any atom is 0.238 e. The fraction of sp³-hybridized carbons (Fsp3) is 0.432. The van der Waals surface area contributed by atoms with Crippen molar-refractivity contribution >= 4 is 34.7 Å². The molecule has 10 nitrogen and oxygen atoms in total. The lowest BCUT2D eigenvalue weighted by molar-refractivity contribution is -0.118. The molecule has 0 aliphatic carbocycles. The van der Waals surface area contributed by atoms with Gasteiger partial charge >= 0.3 is 0 Å². The van der Waals surface area contributed by atoms with E-state index in [1.807, 2.05) is 24.3 Å². The van der Waals surface area contributed by atoms with Crippen molar-refractivity contribution in [2.45, 2.75) is 32.6 Å². The Bertz CT molecular complexity index is 1640. The van der Waals surface area contributed by atoms with Crippen molar-refractivity contribution < 1.29 is 14.3 Å². The van der Waals surface area contributed by atoms with Gasteiger partial charge in [0.2, 0.25) is 12.3 Å². The molecule has 2 fully saturated rings. The lowest BCUT2D eigenvalue weighted by Gasteiger charge is -2.36. The van der Waals surface area contributed by atoms with E-state index >= 15 is 0 Å². The summed E-state index contributed by atoms with van der Waals surface area (Å²) in [5.41, 5.74) is 6.54. The van der Waals surface area contributed by atoms with Crippen LogP contribution in [0, 0.1) is 0 Å². The molecule has 3 aromatic carbocycles. The SMILES string of the molecule is CC(C)(C)c1ccc(-c2nc3c(N4CCN(CCOc5ccc(NC(=O)CN6CCCN(C=O)CC6)cc5)CC4)cccc3[nH]2)cc1. The highest BCUT2D eigenvalue weighted by Crippen LogP contribution is 2.30. The highest BCUT2D eigenvalue weighted by Gasteiger charge is 2.21. The molecule has 0 bridgehead atoms. The highest BCUT2D eigenvalue weighted by atomic mass is 16.5. The molecule has 47 heavy (non-hydrogen) atoms. The Morgan fingerprint density at radius 1 is 0.894 bits per heavy atom. The van der Waals surface area contributed by atoms with Crippen molar-refractivity contribution in [1.29, 1.82) is 0 Å². The van der Waals surface area contributed by atoms with Crippen LogP contribution in [0.15, 0.2) is 66.7 Å². The van der Waals surface area contributed by atoms with Crippen LogP contribution < -0.4 is 15.0 Å². The van der Waals surface area contributed by atoms with Crippen LogP contribution in [0.5, 0.6) is 5.75 Å². The molecule has 2 aliphatic heterocycles. The molecule has 248 valence electrons. The van der Waals surface area contributed by atoms with Crippen LogP contribution in [0.1, 0.15) is 32.8 Å². The van der Waals surface area contributed by atoms with Crippen LogP contribution in [0.25, 0.3) is 22.4 Å². The van der Waals surface area contributed by atoms with E-state index < -0.39 is 0 Å². The van der Waals surface area contributed by atoms with Gasteiger partial charge in [-0.2, -0.15) is 0 Å². The summed E-state index contributed by atoms with van der Waals surface area (Å²) in [5.74, 6) is 1.64. The quantitative estimate of drug-likeness (QED) is 0.241. The number of anilines is 2. The molecule has 2 saturated heterocycles. The Morgan fingerprint density at radius 3 is 2.36 bits per heavy atom. The summed E-state index contributed by atoms with van der Waals surface area (Å²) in [6.07, 6.45) is 1.77. The fourth-order valence-electron chi connectivity index (χ4n) is 6.33. The summed E-state index contributed by atoms with van der Waals surface area (Å²) < 4.78 is 6.04. The van der Waals surface area contributed by atoms with Crippen LogP contribution in [-0.2, 0) is 15.0 Å². The Morgan fingerprint density at radius 2 is 1.64 bits per heavy atom. The first kappa shape index (κ1) is 32.5. The number of aromatic amines is 1. The maximum absolute atomic E-state index is 12.6. The predicted molar refractivity (Wildman–Crippen MR) is 188 cm³/mol. The van der Waals surface area contributed by atoms with Crippen molar-refractivity contribution in [3.63, 3.8) is 0 Å². The number of hydrogen-bond donors (Lipinski definition) is 2. The molecule has 0 unspecified atom stereocenters. The first-order valence-corrected chi connectivity index (χ1v) is 16.8. The Balaban J connectivity index is 0.950. The minimum Gasteiger partial charge on any atom is -0.492 e. The first-order valence-electron chi connectivity index (χ1n) is 16.8. The van der Waals surface area contributed by atoms with Crippen molar-refractivity contribution in [2.75, 3.05) is 82.3 Å². The maximum atomic E-state index is 12.6. The van der Waals surface area contributed by atoms with Gasteiger partial charge < -0.3 is 24.8 Å². The number of carbonyl (C=O) groups excluding carboxylic acids is 2. The average molecular weight is 638 g/mol. The van der Waals surface area contributed by atoms with Gasteiger partial charge in [0.05, 0.1) is 17.7 Å². The van der Waals surface area contributed by atoms with Crippen molar-refractivity contribution in [3.05, 3.63) is 72.3 Å². The van der Waals surface area contributed by atoms with E-state index in [4.69, 9.17) is 9.72 Å². The topological polar surface area (TPSA) is 97.0 Å². The second-order valence-corrected chi connectivity index (χ2v) is 13.6. The number of aromatic nitrogens is 2. The molecule has 0 atom stereocenters. The summed E-state index contributed by atoms with van der Waals surface area (Å²) in [4.78, 5) is 40.9. The molecule has 6 rings (SSSR count). The third-order valence-electron chi connectivity index (χ3n) is 9.18. The minimum absolute atomic E-state index is 0.0489. The smallest absolute Gasteiger partial charge is 0.238 e. The van der Waals surface area contributed by atoms with E-state index in [0.717, 1.165) is 92.5 Å². The summed E-state index contributed by atoms with van der Waals surface area (Å²) in [5, 5.41) is 2.98. The Labute approximate surface area is 277 Å². The number of ether oxygens (including phenoxy) is 1. The second kappa shape index (κ2) is 14.6. The number of hydrogen-bond acceptors (Lipinski definition) is 7. The van der Waals surface area contributed by atoms with E-state index in [2.05, 4.69) is 88.2 Å². The average Bonchev–Trinajstić information content (AvgIpc) is 3.39. The van der Waals surface area contributed by atoms with E-state index in [1.54, 1.807) is 4.90 Å². The number of H-pyrrole nitrogens is 1. The predicted octanol–water partition coefficient (Wildman–Crippen LogP) is 4.83. The van der Waals surface area contributed by atoms with Crippen LogP contribution in [-0.4, -0.2) is 109 Å². The van der Waals surface area contributed by atoms with Gasteiger partial charge in [0, 0.05) is 70.2 Å². The molecule has 0 saturated carbocycles. The zero-order valence-corrected chi connectivity index (χ0v) is 27.9. The van der Waals surface area contributed by atoms with E-state index in [1.165, 1.54) is 11.3 Å². The zero-order valence-electron chi connectivity index (χ0n) is 27.9. The van der Waals surface area contributed by atoms with E-state index in [0.29, 0.717) is 26.2 Å². The third-order valence-corrected chi connectivity index (χ3v) is 9.18. The van der Waals surface area contributed by atoms with Gasteiger partial charge in [-0.3, -0.25) is 19.4 Å². The molecule has 3 heterocycles. The number of fused-ring (bicyclic) bond motifs is 1. The number of imidazole rings is 1. The van der Waals surface area contributed by atoms with Crippen molar-refractivity contribution in [1.82, 2.24) is 24.7 Å². The van der Waals surface area contributed by atoms with Crippen LogP contribution in [0.4, 0.5) is 11.4 Å². The molecule has 1 aromatic heterocycles. The van der Waals surface area contributed by atoms with Crippen molar-refractivity contribution in [2.24, 2.45) is 0 Å². The third kappa shape index (κ3) is 8.31. The van der Waals surface area contributed by atoms with Gasteiger partial charge in [0.1, 0.15) is 23.7 Å². The second-order valence-electron chi connectivity index (χ2n) is 13.6. The van der Waals surface area contributed by atoms with Gasteiger partial charge in [0.25, 0.3) is 0 Å². The lowest BCUT2D eigenvalue weighted by Crippen LogP contribution is -2.47. The van der Waals surface area contributed by atoms with Gasteiger partial charge in [0.15, 0.2) is 0 Å². The largest absolute Gasteiger partial charge is 0.492 e. The van der Waals surface area contributed by atoms with Gasteiger partial charge in [-0.15, -0.1) is 0 Å². The van der Waals surface area contributed by atoms with Crippen molar-refractivity contribution in [3.8, 4) is 17.1 Å². The number of amides is 2. The van der Waals surface area contributed by atoms with Crippen LogP contribution in [0.3, 0.4) is 0 Å². The summed E-state index contributed by atoms with van der Waals surface area (Å²) >= 11 is 0. The van der Waals surface area contributed by atoms with Gasteiger partial charge in [-0.05, 0) is 53.8 Å². The minimum atomic E-state index is -0.0489. The van der Waals surface area contributed by atoms with Crippen LogP contribution in [0.2, 0.25) is 0 Å². The molecular weight excluding hydrogens is 590 g/mol. The monoisotopic (exact) mass is 637 g/mol. The molecule has 10 heteroatoms. The van der Waals surface area contributed by atoms with E-state index in [9.17, 15) is 9.59 Å². The number of piperazine rings is 1. The van der Waals surface area contributed by atoms with Gasteiger partial charge in [-0.1, -0.05) is 51.1 Å². The normalized spacial score (nSPS) is 16.7. The summed E-state index contributed by atoms with van der Waals surface area (Å²) in [7, 11) is 0. The fourth-order valence-corrected chi connectivity index (χ4v) is 6.33. The molecule has 4 aromatic rings. The summed E-state index contributed by atoms with van der Waals surface area (Å²) in [6.45, 7) is 15.2.